The number of rotatable bonds is 7. The van der Waals surface area contributed by atoms with Gasteiger partial charge in [-0.2, -0.15) is 0 Å². The van der Waals surface area contributed by atoms with Crippen molar-refractivity contribution in [2.75, 3.05) is 10.6 Å². The number of hydrogen-bond acceptors (Lipinski definition) is 6. The number of nitrogens with zero attached hydrogens (tertiary/aromatic N) is 2. The molecule has 31 heavy (non-hydrogen) atoms. The second-order valence-electron chi connectivity index (χ2n) is 7.17. The molecule has 0 unspecified atom stereocenters. The Labute approximate surface area is 197 Å². The number of ketones is 1. The van der Waals surface area contributed by atoms with Gasteiger partial charge < -0.3 is 0 Å². The molecule has 0 atom stereocenters. The van der Waals surface area contributed by atoms with E-state index in [-0.39, 0.29) is 17.5 Å². The lowest BCUT2D eigenvalue weighted by atomic mass is 9.97. The van der Waals surface area contributed by atoms with E-state index in [9.17, 15) is 9.59 Å². The van der Waals surface area contributed by atoms with Crippen LogP contribution in [0.3, 0.4) is 0 Å². The van der Waals surface area contributed by atoms with Crippen LogP contribution in [0.25, 0.3) is 0 Å². The van der Waals surface area contributed by atoms with E-state index in [4.69, 9.17) is 0 Å². The molecule has 0 radical (unpaired) electrons. The molecule has 0 spiro atoms. The van der Waals surface area contributed by atoms with Crippen LogP contribution in [0, 0.1) is 5.92 Å². The van der Waals surface area contributed by atoms with E-state index in [0.717, 1.165) is 40.1 Å². The highest BCUT2D eigenvalue weighted by Crippen LogP contribution is 2.33. The van der Waals surface area contributed by atoms with Crippen LogP contribution in [-0.4, -0.2) is 21.8 Å². The van der Waals surface area contributed by atoms with Crippen molar-refractivity contribution in [3.05, 3.63) is 63.7 Å². The number of halogens is 1. The first-order valence-electron chi connectivity index (χ1n) is 10.0. The number of Topliss-reactive ketones (excluding diaryl/α,β-unsaturated/α-hetero) is 1. The summed E-state index contributed by atoms with van der Waals surface area (Å²) in [5.41, 5.74) is 1.33. The Kier molecular flexibility index (Phi) is 7.37. The standard InChI is InChI=1S/C22H21BrN4O2S2/c23-19-17(13-30-15-9-2-1-3-10-15)25-22(31-19)27-21(29)26-20-16(11-6-12-24-20)18(28)14-7-4-5-8-14/h1-3,6,9-12,14H,4-5,7-8,13H2,(H2,24,25,26,27,29). The molecule has 2 heterocycles. The van der Waals surface area contributed by atoms with Gasteiger partial charge in [-0.05, 0) is 53.0 Å². The van der Waals surface area contributed by atoms with E-state index in [2.05, 4.69) is 48.7 Å². The number of anilines is 2. The van der Waals surface area contributed by atoms with Gasteiger partial charge in [0, 0.05) is 22.8 Å². The quantitative estimate of drug-likeness (QED) is 0.272. The van der Waals surface area contributed by atoms with Gasteiger partial charge in [0.2, 0.25) is 0 Å². The summed E-state index contributed by atoms with van der Waals surface area (Å²) in [6.45, 7) is 0. The number of thiazole rings is 1. The molecule has 3 aromatic rings. The average molecular weight is 517 g/mol. The molecule has 2 amide bonds. The van der Waals surface area contributed by atoms with Crippen LogP contribution in [0.5, 0.6) is 0 Å². The number of pyridine rings is 1. The number of hydrogen-bond donors (Lipinski definition) is 2. The molecule has 1 aliphatic rings. The van der Waals surface area contributed by atoms with Gasteiger partial charge in [0.15, 0.2) is 10.9 Å². The van der Waals surface area contributed by atoms with Gasteiger partial charge in [0.25, 0.3) is 0 Å². The Hall–Kier alpha value is -2.23. The third-order valence-electron chi connectivity index (χ3n) is 5.02. The molecular formula is C22H21BrN4O2S2. The minimum atomic E-state index is -0.470. The molecule has 6 nitrogen and oxygen atoms in total. The van der Waals surface area contributed by atoms with E-state index >= 15 is 0 Å². The molecule has 9 heteroatoms. The number of nitrogens with one attached hydrogen (secondary N) is 2. The Morgan fingerprint density at radius 3 is 2.65 bits per heavy atom. The van der Waals surface area contributed by atoms with Crippen LogP contribution >= 0.6 is 39.0 Å². The number of urea groups is 1. The lowest BCUT2D eigenvalue weighted by Crippen LogP contribution is -2.23. The summed E-state index contributed by atoms with van der Waals surface area (Å²) in [5.74, 6) is 1.04. The maximum Gasteiger partial charge on any atom is 0.326 e. The van der Waals surface area contributed by atoms with Crippen molar-refractivity contribution in [3.63, 3.8) is 0 Å². The van der Waals surface area contributed by atoms with E-state index in [1.54, 1.807) is 30.1 Å². The van der Waals surface area contributed by atoms with Crippen LogP contribution in [0.1, 0.15) is 41.7 Å². The Balaban J connectivity index is 1.39. The highest BCUT2D eigenvalue weighted by Gasteiger charge is 2.26. The van der Waals surface area contributed by atoms with E-state index in [1.807, 2.05) is 18.2 Å². The molecule has 0 aliphatic heterocycles. The van der Waals surface area contributed by atoms with E-state index in [1.165, 1.54) is 11.3 Å². The first kappa shape index (κ1) is 22.0. The van der Waals surface area contributed by atoms with Gasteiger partial charge in [0.05, 0.1) is 15.0 Å². The summed E-state index contributed by atoms with van der Waals surface area (Å²) in [4.78, 5) is 35.3. The largest absolute Gasteiger partial charge is 0.326 e. The van der Waals surface area contributed by atoms with Crippen LogP contribution in [0.4, 0.5) is 15.7 Å². The lowest BCUT2D eigenvalue weighted by Gasteiger charge is -2.12. The molecule has 0 bridgehead atoms. The summed E-state index contributed by atoms with van der Waals surface area (Å²) in [6, 6.07) is 13.1. The third kappa shape index (κ3) is 5.72. The maximum atomic E-state index is 12.8. The third-order valence-corrected chi connectivity index (χ3v) is 7.79. The summed E-state index contributed by atoms with van der Waals surface area (Å²) in [5, 5.41) is 5.95. The summed E-state index contributed by atoms with van der Waals surface area (Å²) >= 11 is 6.56. The Morgan fingerprint density at radius 2 is 1.87 bits per heavy atom. The SMILES string of the molecule is O=C(Nc1nc(CSc2ccccc2)c(Br)s1)Nc1ncccc1C(=O)C1CCCC1. The summed E-state index contributed by atoms with van der Waals surface area (Å²) < 4.78 is 0.876. The lowest BCUT2D eigenvalue weighted by molar-refractivity contribution is 0.0923. The van der Waals surface area contributed by atoms with Gasteiger partial charge in [0.1, 0.15) is 5.82 Å². The predicted molar refractivity (Wildman–Crippen MR) is 129 cm³/mol. The Bertz CT molecular complexity index is 1070. The maximum absolute atomic E-state index is 12.8. The minimum Gasteiger partial charge on any atom is -0.294 e. The summed E-state index contributed by atoms with van der Waals surface area (Å²) in [7, 11) is 0. The fourth-order valence-corrected chi connectivity index (χ4v) is 6.02. The Morgan fingerprint density at radius 1 is 1.10 bits per heavy atom. The van der Waals surface area contributed by atoms with Crippen molar-refractivity contribution in [1.29, 1.82) is 0 Å². The molecular weight excluding hydrogens is 496 g/mol. The van der Waals surface area contributed by atoms with Crippen LogP contribution in [0.15, 0.2) is 57.3 Å². The highest BCUT2D eigenvalue weighted by atomic mass is 79.9. The van der Waals surface area contributed by atoms with Crippen molar-refractivity contribution in [2.45, 2.75) is 36.3 Å². The number of aromatic nitrogens is 2. The fraction of sp³-hybridized carbons (Fsp3) is 0.273. The monoisotopic (exact) mass is 516 g/mol. The highest BCUT2D eigenvalue weighted by molar-refractivity contribution is 9.11. The molecule has 4 rings (SSSR count). The molecule has 160 valence electrons. The normalized spacial score (nSPS) is 13.8. The second kappa shape index (κ2) is 10.4. The van der Waals surface area contributed by atoms with Crippen molar-refractivity contribution in [1.82, 2.24) is 9.97 Å². The zero-order valence-corrected chi connectivity index (χ0v) is 19.9. The van der Waals surface area contributed by atoms with E-state index < -0.39 is 6.03 Å². The van der Waals surface area contributed by atoms with Crippen LogP contribution in [0.2, 0.25) is 0 Å². The van der Waals surface area contributed by atoms with Crippen molar-refractivity contribution in [3.8, 4) is 0 Å². The topological polar surface area (TPSA) is 84.0 Å². The van der Waals surface area contributed by atoms with Crippen molar-refractivity contribution in [2.24, 2.45) is 5.92 Å². The number of amides is 2. The molecule has 2 aromatic heterocycles. The molecule has 1 aliphatic carbocycles. The van der Waals surface area contributed by atoms with E-state index in [0.29, 0.717) is 16.4 Å². The fourth-order valence-electron chi connectivity index (χ4n) is 3.49. The van der Waals surface area contributed by atoms with Gasteiger partial charge in [-0.3, -0.25) is 15.4 Å². The number of thioether (sulfide) groups is 1. The van der Waals surface area contributed by atoms with Gasteiger partial charge in [-0.15, -0.1) is 11.8 Å². The number of benzene rings is 1. The minimum absolute atomic E-state index is 0.0207. The summed E-state index contributed by atoms with van der Waals surface area (Å²) in [6.07, 6.45) is 5.51. The number of carbonyl (C=O) groups is 2. The van der Waals surface area contributed by atoms with Crippen LogP contribution < -0.4 is 10.6 Å². The second-order valence-corrected chi connectivity index (χ2v) is 10.5. The predicted octanol–water partition coefficient (Wildman–Crippen LogP) is 6.61. The van der Waals surface area contributed by atoms with Gasteiger partial charge in [-0.25, -0.2) is 14.8 Å². The number of carbonyl (C=O) groups excluding carboxylic acids is 2. The van der Waals surface area contributed by atoms with Crippen LogP contribution in [-0.2, 0) is 5.75 Å². The van der Waals surface area contributed by atoms with Crippen molar-refractivity contribution < 1.29 is 9.59 Å². The first-order chi connectivity index (χ1) is 15.1. The average Bonchev–Trinajstić information content (AvgIpc) is 3.43. The first-order valence-corrected chi connectivity index (χ1v) is 12.6. The molecule has 0 saturated heterocycles. The molecule has 1 fully saturated rings. The molecule has 1 aromatic carbocycles. The zero-order chi connectivity index (χ0) is 21.6. The zero-order valence-electron chi connectivity index (χ0n) is 16.6. The molecule has 1 saturated carbocycles. The van der Waals surface area contributed by atoms with Crippen molar-refractivity contribution >= 4 is 61.8 Å². The smallest absolute Gasteiger partial charge is 0.294 e. The van der Waals surface area contributed by atoms with Gasteiger partial charge in [-0.1, -0.05) is 42.4 Å². The molecule has 2 N–H and O–H groups in total. The van der Waals surface area contributed by atoms with Gasteiger partial charge >= 0.3 is 6.03 Å².